The van der Waals surface area contributed by atoms with E-state index in [0.717, 1.165) is 66.3 Å². The van der Waals surface area contributed by atoms with E-state index in [1.54, 1.807) is 31.0 Å². The lowest BCUT2D eigenvalue weighted by Gasteiger charge is -2.10. The summed E-state index contributed by atoms with van der Waals surface area (Å²) in [5.74, 6) is 1.63. The molecule has 9 heteroatoms. The van der Waals surface area contributed by atoms with Gasteiger partial charge >= 0.3 is 0 Å². The van der Waals surface area contributed by atoms with E-state index in [1.807, 2.05) is 66.7 Å². The lowest BCUT2D eigenvalue weighted by molar-refractivity contribution is 0.669. The van der Waals surface area contributed by atoms with E-state index in [4.69, 9.17) is 19.4 Å². The summed E-state index contributed by atoms with van der Waals surface area (Å²) in [5.41, 5.74) is 6.84. The van der Waals surface area contributed by atoms with Gasteiger partial charge in [-0.3, -0.25) is 14.5 Å². The number of hydrogen-bond acceptors (Lipinski definition) is 8. The second-order valence-electron chi connectivity index (χ2n) is 10.4. The molecule has 0 spiro atoms. The van der Waals surface area contributed by atoms with Crippen molar-refractivity contribution in [3.05, 3.63) is 122 Å². The van der Waals surface area contributed by atoms with Gasteiger partial charge < -0.3 is 4.42 Å². The number of hydrogen-bond donors (Lipinski definition) is 0. The van der Waals surface area contributed by atoms with E-state index in [2.05, 4.69) is 49.0 Å². The molecule has 206 valence electrons. The third kappa shape index (κ3) is 3.76. The highest BCUT2D eigenvalue weighted by Crippen LogP contribution is 2.40. The molecule has 9 rings (SSSR count). The molecule has 0 atom stereocenters. The predicted molar refractivity (Wildman–Crippen MR) is 169 cm³/mol. The Labute approximate surface area is 249 Å². The quantitative estimate of drug-likeness (QED) is 0.215. The molecule has 0 bridgehead atoms. The molecule has 6 aromatic heterocycles. The van der Waals surface area contributed by atoms with Crippen molar-refractivity contribution in [2.24, 2.45) is 0 Å². The first kappa shape index (κ1) is 24.3. The Hall–Kier alpha value is -6.35. The van der Waals surface area contributed by atoms with Crippen molar-refractivity contribution in [1.82, 2.24) is 39.7 Å². The summed E-state index contributed by atoms with van der Waals surface area (Å²) in [6.07, 6.45) is 8.68. The molecular formula is C35H20N8O. The maximum absolute atomic E-state index is 6.24. The average molecular weight is 569 g/mol. The highest BCUT2D eigenvalue weighted by atomic mass is 16.3. The zero-order valence-electron chi connectivity index (χ0n) is 23.0. The zero-order chi connectivity index (χ0) is 29.0. The van der Waals surface area contributed by atoms with Crippen LogP contribution in [0.2, 0.25) is 0 Å². The number of nitrogens with zero attached hydrogens (tertiary/aromatic N) is 8. The fourth-order valence-electron chi connectivity index (χ4n) is 5.82. The van der Waals surface area contributed by atoms with Crippen LogP contribution in [-0.4, -0.2) is 39.7 Å². The summed E-state index contributed by atoms with van der Waals surface area (Å²) in [6.45, 7) is 0. The largest absolute Gasteiger partial charge is 0.456 e. The third-order valence-electron chi connectivity index (χ3n) is 7.80. The van der Waals surface area contributed by atoms with Crippen molar-refractivity contribution in [1.29, 1.82) is 0 Å². The number of aromatic nitrogens is 8. The summed E-state index contributed by atoms with van der Waals surface area (Å²) in [4.78, 5) is 22.9. The van der Waals surface area contributed by atoms with Crippen molar-refractivity contribution in [2.45, 2.75) is 0 Å². The third-order valence-corrected chi connectivity index (χ3v) is 7.80. The Bertz CT molecular complexity index is 2430. The summed E-state index contributed by atoms with van der Waals surface area (Å²) < 4.78 is 8.39. The highest BCUT2D eigenvalue weighted by molar-refractivity contribution is 6.24. The predicted octanol–water partition coefficient (Wildman–Crippen LogP) is 7.45. The molecule has 0 saturated heterocycles. The van der Waals surface area contributed by atoms with E-state index in [0.29, 0.717) is 17.5 Å². The first-order valence-corrected chi connectivity index (χ1v) is 14.1. The molecule has 9 nitrogen and oxygen atoms in total. The van der Waals surface area contributed by atoms with Gasteiger partial charge in [-0.1, -0.05) is 18.2 Å². The lowest BCUT2D eigenvalue weighted by atomic mass is 10.1. The minimum absolute atomic E-state index is 0.540. The normalized spacial score (nSPS) is 11.6. The molecule has 0 N–H and O–H groups in total. The summed E-state index contributed by atoms with van der Waals surface area (Å²) >= 11 is 0. The van der Waals surface area contributed by atoms with Gasteiger partial charge in [0.05, 0.1) is 17.1 Å². The van der Waals surface area contributed by atoms with Gasteiger partial charge in [0.15, 0.2) is 23.1 Å². The standard InChI is InChI=1S/C35H20N8O/c1-2-8-28-27(7-1)30-29(44-28)14-13-25-26-15-18-38-42-35(26)43(31(25)30)24-11-9-21(10-12-24)32-39-33(22-5-3-16-36-19-22)41-34(40-32)23-6-4-17-37-20-23/h1-20H. The molecule has 0 unspecified atom stereocenters. The number of furan rings is 1. The van der Waals surface area contributed by atoms with Gasteiger partial charge in [0.25, 0.3) is 0 Å². The van der Waals surface area contributed by atoms with Crippen LogP contribution in [0.1, 0.15) is 0 Å². The second-order valence-corrected chi connectivity index (χ2v) is 10.4. The van der Waals surface area contributed by atoms with Crippen molar-refractivity contribution in [3.63, 3.8) is 0 Å². The molecule has 6 heterocycles. The van der Waals surface area contributed by atoms with E-state index >= 15 is 0 Å². The number of pyridine rings is 2. The zero-order valence-corrected chi connectivity index (χ0v) is 23.0. The van der Waals surface area contributed by atoms with Crippen LogP contribution in [0.15, 0.2) is 126 Å². The van der Waals surface area contributed by atoms with Crippen LogP contribution in [0.5, 0.6) is 0 Å². The van der Waals surface area contributed by atoms with Crippen molar-refractivity contribution in [2.75, 3.05) is 0 Å². The Morgan fingerprint density at radius 1 is 0.523 bits per heavy atom. The summed E-state index contributed by atoms with van der Waals surface area (Å²) in [7, 11) is 0. The SMILES string of the molecule is c1cncc(-c2nc(-c3ccc(-n4c5nnccc5c5ccc6oc7ccccc7c6c54)cc3)nc(-c3cccnc3)n2)c1. The molecule has 3 aromatic carbocycles. The van der Waals surface area contributed by atoms with Crippen LogP contribution >= 0.6 is 0 Å². The fourth-order valence-corrected chi connectivity index (χ4v) is 5.82. The van der Waals surface area contributed by atoms with Gasteiger partial charge in [-0.15, -0.1) is 5.10 Å². The molecule has 0 amide bonds. The maximum Gasteiger partial charge on any atom is 0.168 e. The Balaban J connectivity index is 1.25. The minimum Gasteiger partial charge on any atom is -0.456 e. The van der Waals surface area contributed by atoms with Crippen molar-refractivity contribution in [3.8, 4) is 39.9 Å². The topological polar surface area (TPSA) is 108 Å². The monoisotopic (exact) mass is 568 g/mol. The van der Waals surface area contributed by atoms with Crippen LogP contribution in [0.3, 0.4) is 0 Å². The molecular weight excluding hydrogens is 548 g/mol. The first-order valence-electron chi connectivity index (χ1n) is 14.1. The first-order chi connectivity index (χ1) is 21.8. The van der Waals surface area contributed by atoms with E-state index < -0.39 is 0 Å². The number of rotatable bonds is 4. The summed E-state index contributed by atoms with van der Waals surface area (Å²) in [5, 5.41) is 13.0. The second kappa shape index (κ2) is 9.60. The molecule has 44 heavy (non-hydrogen) atoms. The molecule has 0 aliphatic heterocycles. The van der Waals surface area contributed by atoms with Crippen LogP contribution in [-0.2, 0) is 0 Å². The van der Waals surface area contributed by atoms with Gasteiger partial charge in [0, 0.05) is 63.3 Å². The molecule has 9 aromatic rings. The van der Waals surface area contributed by atoms with Crippen LogP contribution in [0.4, 0.5) is 0 Å². The Kier molecular flexibility index (Phi) is 5.30. The van der Waals surface area contributed by atoms with Crippen LogP contribution in [0.25, 0.3) is 83.7 Å². The van der Waals surface area contributed by atoms with Crippen molar-refractivity contribution >= 4 is 43.9 Å². The van der Waals surface area contributed by atoms with Gasteiger partial charge in [0.2, 0.25) is 0 Å². The van der Waals surface area contributed by atoms with E-state index in [1.165, 1.54) is 0 Å². The summed E-state index contributed by atoms with van der Waals surface area (Å²) in [6, 6.07) is 30.0. The van der Waals surface area contributed by atoms with Crippen LogP contribution in [0, 0.1) is 0 Å². The number of fused-ring (bicyclic) bond motifs is 7. The van der Waals surface area contributed by atoms with Gasteiger partial charge in [-0.2, -0.15) is 5.10 Å². The molecule has 0 fully saturated rings. The average Bonchev–Trinajstić information content (AvgIpc) is 3.65. The van der Waals surface area contributed by atoms with Crippen molar-refractivity contribution < 1.29 is 4.42 Å². The Morgan fingerprint density at radius 3 is 1.93 bits per heavy atom. The molecule has 0 aliphatic rings. The number of benzene rings is 3. The smallest absolute Gasteiger partial charge is 0.168 e. The fraction of sp³-hybridized carbons (Fsp3) is 0. The molecule has 0 saturated carbocycles. The molecule has 0 radical (unpaired) electrons. The molecule has 0 aliphatic carbocycles. The van der Waals surface area contributed by atoms with Gasteiger partial charge in [0.1, 0.15) is 11.2 Å². The Morgan fingerprint density at radius 2 is 1.23 bits per heavy atom. The van der Waals surface area contributed by atoms with E-state index in [9.17, 15) is 0 Å². The lowest BCUT2D eigenvalue weighted by Crippen LogP contribution is -2.01. The van der Waals surface area contributed by atoms with Gasteiger partial charge in [-0.25, -0.2) is 15.0 Å². The van der Waals surface area contributed by atoms with Crippen LogP contribution < -0.4 is 0 Å². The maximum atomic E-state index is 6.24. The highest BCUT2D eigenvalue weighted by Gasteiger charge is 2.20. The number of para-hydroxylation sites is 1. The minimum atomic E-state index is 0.540. The van der Waals surface area contributed by atoms with E-state index in [-0.39, 0.29) is 0 Å². The van der Waals surface area contributed by atoms with Gasteiger partial charge in [-0.05, 0) is 72.8 Å².